The summed E-state index contributed by atoms with van der Waals surface area (Å²) in [5.74, 6) is 3.03. The molecule has 2 aliphatic carbocycles. The van der Waals surface area contributed by atoms with Crippen LogP contribution in [0.3, 0.4) is 0 Å². The summed E-state index contributed by atoms with van der Waals surface area (Å²) in [6, 6.07) is 20.4. The highest BCUT2D eigenvalue weighted by Gasteiger charge is 2.72. The van der Waals surface area contributed by atoms with Crippen molar-refractivity contribution in [1.29, 1.82) is 0 Å². The molecule has 4 heteroatoms. The molecule has 9 atom stereocenters. The summed E-state index contributed by atoms with van der Waals surface area (Å²) in [7, 11) is 0. The van der Waals surface area contributed by atoms with Gasteiger partial charge in [0.25, 0.3) is 0 Å². The Kier molecular flexibility index (Phi) is 4.34. The molecule has 0 aromatic heterocycles. The molecule has 5 fully saturated rings. The number of nitrogens with zero attached hydrogens (tertiary/aromatic N) is 4. The minimum atomic E-state index is 0.124. The van der Waals surface area contributed by atoms with Gasteiger partial charge in [-0.25, -0.2) is 0 Å². The molecular weight excluding hydrogens is 512 g/mol. The topological polar surface area (TPSA) is 22.1 Å². The van der Waals surface area contributed by atoms with Crippen molar-refractivity contribution in [2.45, 2.75) is 81.7 Å². The minimum Gasteiger partial charge on any atom is -0.343 e. The third-order valence-electron chi connectivity index (χ3n) is 15.0. The lowest BCUT2D eigenvalue weighted by Crippen LogP contribution is -2.69. The molecule has 7 heterocycles. The molecule has 0 N–H and O–H groups in total. The second kappa shape index (κ2) is 7.61. The number of rotatable bonds is 2. The van der Waals surface area contributed by atoms with Crippen molar-refractivity contribution in [2.24, 2.45) is 34.1 Å². The van der Waals surface area contributed by atoms with Gasteiger partial charge in [0.1, 0.15) is 0 Å². The fourth-order valence-electron chi connectivity index (χ4n) is 13.6. The normalized spacial score (nSPS) is 45.2. The maximum Gasteiger partial charge on any atom is 0.0671 e. The summed E-state index contributed by atoms with van der Waals surface area (Å²) >= 11 is 0. The number of para-hydroxylation sites is 2. The third-order valence-corrected chi connectivity index (χ3v) is 15.0. The molecule has 216 valence electrons. The fraction of sp³-hybridized carbons (Fsp3) is 0.605. The van der Waals surface area contributed by atoms with Crippen molar-refractivity contribution in [2.75, 3.05) is 37.6 Å². The summed E-state index contributed by atoms with van der Waals surface area (Å²) in [5.41, 5.74) is 11.9. The van der Waals surface area contributed by atoms with Gasteiger partial charge in [0.2, 0.25) is 0 Å². The molecule has 2 aromatic carbocycles. The average Bonchev–Trinajstić information content (AvgIpc) is 3.79. The van der Waals surface area contributed by atoms with E-state index in [9.17, 15) is 0 Å². The van der Waals surface area contributed by atoms with Gasteiger partial charge < -0.3 is 4.90 Å². The van der Waals surface area contributed by atoms with Crippen LogP contribution in [0.15, 0.2) is 64.8 Å². The minimum absolute atomic E-state index is 0.124. The van der Waals surface area contributed by atoms with Gasteiger partial charge in [0, 0.05) is 54.2 Å². The lowest BCUT2D eigenvalue weighted by atomic mass is 9.45. The maximum absolute atomic E-state index is 5.84. The smallest absolute Gasteiger partial charge is 0.0671 e. The highest BCUT2D eigenvalue weighted by Crippen LogP contribution is 2.71. The number of anilines is 1. The van der Waals surface area contributed by atoms with Crippen LogP contribution in [0.1, 0.15) is 69.9 Å². The van der Waals surface area contributed by atoms with E-state index in [0.29, 0.717) is 12.1 Å². The van der Waals surface area contributed by atoms with Crippen LogP contribution in [0.5, 0.6) is 0 Å². The molecule has 0 amide bonds. The van der Waals surface area contributed by atoms with Crippen LogP contribution in [0, 0.1) is 29.1 Å². The fourth-order valence-corrected chi connectivity index (χ4v) is 13.6. The van der Waals surface area contributed by atoms with Gasteiger partial charge in [-0.1, -0.05) is 63.1 Å². The molecule has 3 spiro atoms. The van der Waals surface area contributed by atoms with Crippen molar-refractivity contribution in [3.63, 3.8) is 0 Å². The van der Waals surface area contributed by atoms with E-state index in [1.165, 1.54) is 76.8 Å². The number of hydrogen-bond donors (Lipinski definition) is 0. The van der Waals surface area contributed by atoms with Crippen molar-refractivity contribution in [3.8, 4) is 0 Å². The third kappa shape index (κ3) is 2.37. The van der Waals surface area contributed by atoms with Gasteiger partial charge >= 0.3 is 0 Å². The molecular formula is C38H44N4. The van der Waals surface area contributed by atoms with Crippen LogP contribution in [0.25, 0.3) is 0 Å². The predicted molar refractivity (Wildman–Crippen MR) is 168 cm³/mol. The number of piperidine rings is 2. The lowest BCUT2D eigenvalue weighted by molar-refractivity contribution is -0.00363. The highest BCUT2D eigenvalue weighted by molar-refractivity contribution is 6.08. The van der Waals surface area contributed by atoms with Crippen molar-refractivity contribution in [3.05, 3.63) is 70.9 Å². The van der Waals surface area contributed by atoms with Gasteiger partial charge in [-0.3, -0.25) is 14.8 Å². The van der Waals surface area contributed by atoms with E-state index in [-0.39, 0.29) is 16.2 Å². The zero-order chi connectivity index (χ0) is 27.6. The number of aliphatic imine (C=N–C) groups is 1. The Labute approximate surface area is 250 Å². The van der Waals surface area contributed by atoms with Gasteiger partial charge in [0.15, 0.2) is 0 Å². The first kappa shape index (κ1) is 24.0. The lowest BCUT2D eigenvalue weighted by Gasteiger charge is -2.64. The maximum atomic E-state index is 5.84. The Morgan fingerprint density at radius 1 is 0.810 bits per heavy atom. The largest absolute Gasteiger partial charge is 0.343 e. The molecule has 9 aliphatic rings. The van der Waals surface area contributed by atoms with Gasteiger partial charge in [0.05, 0.1) is 16.5 Å². The van der Waals surface area contributed by atoms with E-state index in [0.717, 1.165) is 30.2 Å². The van der Waals surface area contributed by atoms with Crippen LogP contribution < -0.4 is 4.90 Å². The Balaban J connectivity index is 1.20. The predicted octanol–water partition coefficient (Wildman–Crippen LogP) is 6.68. The Morgan fingerprint density at radius 3 is 2.36 bits per heavy atom. The van der Waals surface area contributed by atoms with E-state index in [1.807, 2.05) is 5.57 Å². The summed E-state index contributed by atoms with van der Waals surface area (Å²) in [4.78, 5) is 14.6. The number of hydrogen-bond acceptors (Lipinski definition) is 4. The first-order valence-corrected chi connectivity index (χ1v) is 17.4. The van der Waals surface area contributed by atoms with E-state index in [4.69, 9.17) is 4.99 Å². The Morgan fingerprint density at radius 2 is 1.52 bits per heavy atom. The quantitative estimate of drug-likeness (QED) is 0.412. The SMILES string of the molecule is CC[C@@H]1CN2CC[C@@]34C5=C(C[C@]6(CN5c5ccccc53)C3=Nc5ccccc5[C@@]35CCN3C[C@@H](CC)[C@@H]6C[C@H]35)[C@@H]1C[C@H]24. The number of benzene rings is 2. The molecule has 42 heavy (non-hydrogen) atoms. The standard InChI is InChI=1S/C38H44N4/c1-3-23-20-40-15-13-37-28-10-6-8-12-31(28)42-22-36(19-26(34(37)42)25(23)17-32(37)40)29-18-33-38(14-16-41(33)21-24(29)4-2)27-9-5-7-11-30(27)39-35(36)38/h5-12,23-25,29,32-33H,3-4,13-22H2,1-2H3/t23-,24-,25-,29+,32+,33+,36-,37-,38-/m1/s1. The molecule has 0 unspecified atom stereocenters. The van der Waals surface area contributed by atoms with Crippen molar-refractivity contribution >= 4 is 17.1 Å². The van der Waals surface area contributed by atoms with Crippen LogP contribution in [-0.2, 0) is 10.8 Å². The van der Waals surface area contributed by atoms with Crippen LogP contribution >= 0.6 is 0 Å². The zero-order valence-corrected chi connectivity index (χ0v) is 25.4. The Bertz CT molecular complexity index is 1620. The van der Waals surface area contributed by atoms with E-state index >= 15 is 0 Å². The van der Waals surface area contributed by atoms with Crippen LogP contribution in [0.2, 0.25) is 0 Å². The van der Waals surface area contributed by atoms with Gasteiger partial charge in [-0.2, -0.15) is 0 Å². The monoisotopic (exact) mass is 556 g/mol. The van der Waals surface area contributed by atoms with E-state index < -0.39 is 0 Å². The zero-order valence-electron chi connectivity index (χ0n) is 25.4. The van der Waals surface area contributed by atoms with Gasteiger partial charge in [-0.05, 0) is 97.7 Å². The summed E-state index contributed by atoms with van der Waals surface area (Å²) in [5, 5.41) is 0. The van der Waals surface area contributed by atoms with Crippen LogP contribution in [0.4, 0.5) is 11.4 Å². The summed E-state index contributed by atoms with van der Waals surface area (Å²) < 4.78 is 0. The molecule has 2 aromatic rings. The summed E-state index contributed by atoms with van der Waals surface area (Å²) in [6.45, 7) is 11.3. The van der Waals surface area contributed by atoms with Crippen LogP contribution in [-0.4, -0.2) is 60.3 Å². The second-order valence-corrected chi connectivity index (χ2v) is 15.8. The molecule has 1 saturated carbocycles. The second-order valence-electron chi connectivity index (χ2n) is 15.8. The van der Waals surface area contributed by atoms with Crippen molar-refractivity contribution in [1.82, 2.24) is 9.80 Å². The molecule has 4 saturated heterocycles. The van der Waals surface area contributed by atoms with Gasteiger partial charge in [-0.15, -0.1) is 0 Å². The molecule has 4 nitrogen and oxygen atoms in total. The van der Waals surface area contributed by atoms with E-state index in [2.05, 4.69) is 77.1 Å². The number of fused-ring (bicyclic) bond motifs is 8. The number of allylic oxidation sites excluding steroid dienone is 1. The molecule has 11 rings (SSSR count). The Hall–Kier alpha value is -2.43. The van der Waals surface area contributed by atoms with E-state index in [1.54, 1.807) is 28.2 Å². The molecule has 0 radical (unpaired) electrons. The first-order valence-electron chi connectivity index (χ1n) is 17.4. The first-order chi connectivity index (χ1) is 20.6. The van der Waals surface area contributed by atoms with Crippen molar-refractivity contribution < 1.29 is 0 Å². The molecule has 4 bridgehead atoms. The average molecular weight is 557 g/mol. The summed E-state index contributed by atoms with van der Waals surface area (Å²) in [6.07, 6.45) is 9.22. The molecule has 7 aliphatic heterocycles. The highest BCUT2D eigenvalue weighted by atomic mass is 15.3.